The van der Waals surface area contributed by atoms with Crippen LogP contribution in [0.1, 0.15) is 18.1 Å². The van der Waals surface area contributed by atoms with Crippen molar-refractivity contribution in [1.82, 2.24) is 4.90 Å². The summed E-state index contributed by atoms with van der Waals surface area (Å²) in [6.07, 6.45) is -0.928. The minimum Gasteiger partial charge on any atom is -0.848 e. The first kappa shape index (κ1) is 15.3. The smallest absolute Gasteiger partial charge is 0.848 e. The molecule has 0 fully saturated rings. The zero-order valence-corrected chi connectivity index (χ0v) is 12.6. The summed E-state index contributed by atoms with van der Waals surface area (Å²) in [6, 6.07) is 8.96. The van der Waals surface area contributed by atoms with Gasteiger partial charge in [0, 0.05) is 20.5 Å². The van der Waals surface area contributed by atoms with Gasteiger partial charge >= 0.3 is 51.4 Å². The quantitative estimate of drug-likeness (QED) is 0.543. The molecule has 1 aromatic carbocycles. The second-order valence-electron chi connectivity index (χ2n) is 3.39. The molecule has 1 aromatic rings. The zero-order valence-electron chi connectivity index (χ0n) is 9.43. The minimum atomic E-state index is -0.953. The van der Waals surface area contributed by atoms with E-state index in [1.54, 1.807) is 38.4 Å². The summed E-state index contributed by atoms with van der Waals surface area (Å²) < 4.78 is 0. The first-order valence-electron chi connectivity index (χ1n) is 4.52. The molecule has 0 aromatic heterocycles. The molecular formula is C11H14KNO2. The summed E-state index contributed by atoms with van der Waals surface area (Å²) in [5.74, 6) is -0.131. The normalized spacial score (nSPS) is 11.4. The van der Waals surface area contributed by atoms with Crippen molar-refractivity contribution < 1.29 is 61.3 Å². The maximum absolute atomic E-state index is 11.6. The van der Waals surface area contributed by atoms with E-state index in [1.807, 2.05) is 6.07 Å². The van der Waals surface area contributed by atoms with Crippen molar-refractivity contribution in [3.63, 3.8) is 0 Å². The molecule has 3 nitrogen and oxygen atoms in total. The van der Waals surface area contributed by atoms with Gasteiger partial charge in [-0.3, -0.25) is 4.79 Å². The van der Waals surface area contributed by atoms with E-state index in [0.717, 1.165) is 0 Å². The number of hydrogen-bond donors (Lipinski definition) is 0. The topological polar surface area (TPSA) is 43.4 Å². The van der Waals surface area contributed by atoms with Gasteiger partial charge in [-0.05, 0) is 0 Å². The molecule has 1 atom stereocenters. The van der Waals surface area contributed by atoms with Crippen LogP contribution in [0.2, 0.25) is 0 Å². The predicted octanol–water partition coefficient (Wildman–Crippen LogP) is -2.43. The van der Waals surface area contributed by atoms with Gasteiger partial charge in [0.15, 0.2) is 0 Å². The van der Waals surface area contributed by atoms with Crippen LogP contribution in [0.15, 0.2) is 30.3 Å². The van der Waals surface area contributed by atoms with Crippen LogP contribution in [0.25, 0.3) is 0 Å². The molecule has 0 aliphatic carbocycles. The van der Waals surface area contributed by atoms with E-state index in [4.69, 9.17) is 0 Å². The summed E-state index contributed by atoms with van der Waals surface area (Å²) in [4.78, 5) is 12.7. The van der Waals surface area contributed by atoms with Crippen molar-refractivity contribution in [3.8, 4) is 0 Å². The third-order valence-electron chi connectivity index (χ3n) is 2.03. The fourth-order valence-electron chi connectivity index (χ4n) is 1.13. The maximum atomic E-state index is 11.6. The number of carbonyl (C=O) groups excluding carboxylic acids is 1. The van der Waals surface area contributed by atoms with Crippen LogP contribution in [-0.4, -0.2) is 24.9 Å². The molecule has 76 valence electrons. The molecular weight excluding hydrogens is 217 g/mol. The third kappa shape index (κ3) is 5.24. The minimum absolute atomic E-state index is 0. The summed E-state index contributed by atoms with van der Waals surface area (Å²) in [7, 11) is 3.31. The second-order valence-corrected chi connectivity index (χ2v) is 3.39. The Kier molecular flexibility index (Phi) is 7.69. The molecule has 0 aliphatic rings. The summed E-state index contributed by atoms with van der Waals surface area (Å²) >= 11 is 0. The molecule has 1 unspecified atom stereocenters. The molecule has 1 rings (SSSR count). The Balaban J connectivity index is 0.00000196. The Morgan fingerprint density at radius 2 is 1.87 bits per heavy atom. The van der Waals surface area contributed by atoms with Crippen molar-refractivity contribution >= 4 is 5.91 Å². The number of hydrogen-bond acceptors (Lipinski definition) is 2. The van der Waals surface area contributed by atoms with E-state index in [-0.39, 0.29) is 63.7 Å². The number of benzene rings is 1. The fraction of sp³-hybridized carbons (Fsp3) is 0.364. The van der Waals surface area contributed by atoms with Gasteiger partial charge in [-0.25, -0.2) is 0 Å². The molecule has 0 aliphatic heterocycles. The first-order valence-corrected chi connectivity index (χ1v) is 4.52. The molecule has 0 bridgehead atoms. The van der Waals surface area contributed by atoms with Crippen LogP contribution in [0.4, 0.5) is 0 Å². The van der Waals surface area contributed by atoms with Crippen molar-refractivity contribution in [1.29, 1.82) is 0 Å². The van der Waals surface area contributed by atoms with Crippen LogP contribution in [0.5, 0.6) is 0 Å². The van der Waals surface area contributed by atoms with Crippen molar-refractivity contribution in [3.05, 3.63) is 35.9 Å². The predicted molar refractivity (Wildman–Crippen MR) is 52.5 cm³/mol. The molecule has 4 heteroatoms. The van der Waals surface area contributed by atoms with E-state index in [2.05, 4.69) is 0 Å². The SMILES string of the molecule is CN(C)C(=O)CC([O-])c1ccccc1.[K+]. The molecule has 0 N–H and O–H groups in total. The molecule has 0 spiro atoms. The van der Waals surface area contributed by atoms with Crippen LogP contribution in [0.3, 0.4) is 0 Å². The van der Waals surface area contributed by atoms with Crippen LogP contribution < -0.4 is 56.5 Å². The number of rotatable bonds is 3. The molecule has 0 heterocycles. The summed E-state index contributed by atoms with van der Waals surface area (Å²) in [6.45, 7) is 0. The Labute approximate surface area is 133 Å². The van der Waals surface area contributed by atoms with Crippen molar-refractivity contribution in [2.45, 2.75) is 12.5 Å². The van der Waals surface area contributed by atoms with E-state index in [0.29, 0.717) is 5.56 Å². The van der Waals surface area contributed by atoms with Gasteiger partial charge in [0.2, 0.25) is 5.91 Å². The van der Waals surface area contributed by atoms with Crippen LogP contribution in [-0.2, 0) is 4.79 Å². The first-order chi connectivity index (χ1) is 6.61. The zero-order chi connectivity index (χ0) is 10.6. The Morgan fingerprint density at radius 1 is 1.33 bits per heavy atom. The fourth-order valence-corrected chi connectivity index (χ4v) is 1.13. The largest absolute Gasteiger partial charge is 1.00 e. The monoisotopic (exact) mass is 231 g/mol. The van der Waals surface area contributed by atoms with Crippen LogP contribution >= 0.6 is 0 Å². The number of amides is 1. The summed E-state index contributed by atoms with van der Waals surface area (Å²) in [5, 5.41) is 11.6. The molecule has 15 heavy (non-hydrogen) atoms. The Bertz CT molecular complexity index is 301. The standard InChI is InChI=1S/C11H14NO2.K/c1-12(2)11(14)8-10(13)9-6-4-3-5-7-9;/h3-7,10H,8H2,1-2H3;/q-1;+1. The van der Waals surface area contributed by atoms with Gasteiger partial charge in [-0.1, -0.05) is 42.0 Å². The van der Waals surface area contributed by atoms with Gasteiger partial charge in [-0.2, -0.15) is 0 Å². The van der Waals surface area contributed by atoms with Gasteiger partial charge in [0.25, 0.3) is 0 Å². The molecule has 0 saturated carbocycles. The number of nitrogens with zero attached hydrogens (tertiary/aromatic N) is 1. The van der Waals surface area contributed by atoms with Gasteiger partial charge in [0.05, 0.1) is 0 Å². The third-order valence-corrected chi connectivity index (χ3v) is 2.03. The Morgan fingerprint density at radius 3 is 2.33 bits per heavy atom. The van der Waals surface area contributed by atoms with E-state index in [1.165, 1.54) is 4.90 Å². The van der Waals surface area contributed by atoms with E-state index >= 15 is 0 Å². The van der Waals surface area contributed by atoms with Crippen molar-refractivity contribution in [2.75, 3.05) is 14.1 Å². The second kappa shape index (κ2) is 7.54. The molecule has 1 amide bonds. The maximum Gasteiger partial charge on any atom is 1.00 e. The van der Waals surface area contributed by atoms with Crippen molar-refractivity contribution in [2.24, 2.45) is 0 Å². The molecule has 0 radical (unpaired) electrons. The summed E-state index contributed by atoms with van der Waals surface area (Å²) in [5.41, 5.74) is 0.669. The van der Waals surface area contributed by atoms with Crippen LogP contribution in [0, 0.1) is 0 Å². The van der Waals surface area contributed by atoms with E-state index < -0.39 is 6.10 Å². The van der Waals surface area contributed by atoms with Gasteiger partial charge in [0.1, 0.15) is 0 Å². The average Bonchev–Trinajstić information content (AvgIpc) is 2.19. The molecule has 0 saturated heterocycles. The van der Waals surface area contributed by atoms with E-state index in [9.17, 15) is 9.90 Å². The number of carbonyl (C=O) groups is 1. The van der Waals surface area contributed by atoms with Gasteiger partial charge in [-0.15, -0.1) is 0 Å². The van der Waals surface area contributed by atoms with Gasteiger partial charge < -0.3 is 10.0 Å². The average molecular weight is 231 g/mol. The Hall–Kier alpha value is 0.286.